The second kappa shape index (κ2) is 7.10. The van der Waals surface area contributed by atoms with Crippen LogP contribution in [0.2, 0.25) is 0 Å². The maximum Gasteiger partial charge on any atom is 0.343 e. The molecular formula is C23H27NO8. The number of ketones is 1. The highest BCUT2D eigenvalue weighted by Gasteiger charge is 2.71. The second-order valence-electron chi connectivity index (χ2n) is 9.32. The molecule has 0 aromatic heterocycles. The van der Waals surface area contributed by atoms with E-state index < -0.39 is 41.1 Å². The maximum atomic E-state index is 12.5. The zero-order valence-corrected chi connectivity index (χ0v) is 17.9. The van der Waals surface area contributed by atoms with E-state index in [4.69, 9.17) is 9.47 Å². The first-order valence-corrected chi connectivity index (χ1v) is 10.8. The number of Topliss-reactive ketones (excluding diaryl/α,β-unsaturated/α-hetero) is 1. The lowest BCUT2D eigenvalue weighted by atomic mass is 9.50. The van der Waals surface area contributed by atoms with Crippen LogP contribution in [0.25, 0.3) is 0 Å². The lowest BCUT2D eigenvalue weighted by Crippen LogP contribution is -2.74. The summed E-state index contributed by atoms with van der Waals surface area (Å²) >= 11 is 0. The smallest absolute Gasteiger partial charge is 0.343 e. The first-order valence-electron chi connectivity index (χ1n) is 10.8. The first-order chi connectivity index (χ1) is 15.2. The summed E-state index contributed by atoms with van der Waals surface area (Å²) in [6.45, 7) is 1.52. The molecule has 1 saturated heterocycles. The second-order valence-corrected chi connectivity index (χ2v) is 9.32. The van der Waals surface area contributed by atoms with Gasteiger partial charge in [-0.1, -0.05) is 12.1 Å². The van der Waals surface area contributed by atoms with E-state index >= 15 is 0 Å². The van der Waals surface area contributed by atoms with E-state index in [0.717, 1.165) is 18.1 Å². The van der Waals surface area contributed by atoms with Crippen LogP contribution < -0.4 is 4.74 Å². The van der Waals surface area contributed by atoms with Gasteiger partial charge in [0, 0.05) is 23.6 Å². The topological polar surface area (TPSA) is 137 Å². The Labute approximate surface area is 184 Å². The van der Waals surface area contributed by atoms with Crippen molar-refractivity contribution in [2.45, 2.75) is 68.2 Å². The Kier molecular flexibility index (Phi) is 4.78. The SMILES string of the molecule is CC(=O)[C@@H](O)[C@H](O)C(=O)OC1=CC[C@@]2(O)[C@H]3Cc4ccc(CO)c5c4C2(CCN3C)C1O5. The molecule has 0 amide bonds. The van der Waals surface area contributed by atoms with Crippen LogP contribution in [0.4, 0.5) is 0 Å². The largest absolute Gasteiger partial charge is 0.481 e. The number of piperidine rings is 1. The van der Waals surface area contributed by atoms with Gasteiger partial charge in [-0.25, -0.2) is 4.79 Å². The Morgan fingerprint density at radius 1 is 1.31 bits per heavy atom. The number of aliphatic hydroxyl groups is 4. The summed E-state index contributed by atoms with van der Waals surface area (Å²) in [7, 11) is 1.98. The molecule has 5 rings (SSSR count). The number of nitrogens with zero attached hydrogens (tertiary/aromatic N) is 1. The maximum absolute atomic E-state index is 12.5. The minimum atomic E-state index is -2.03. The molecule has 1 aromatic rings. The predicted molar refractivity (Wildman–Crippen MR) is 110 cm³/mol. The van der Waals surface area contributed by atoms with E-state index in [1.165, 1.54) is 0 Å². The predicted octanol–water partition coefficient (Wildman–Crippen LogP) is -0.689. The minimum absolute atomic E-state index is 0.130. The van der Waals surface area contributed by atoms with Gasteiger partial charge in [-0.3, -0.25) is 4.79 Å². The average molecular weight is 445 g/mol. The normalized spacial score (nSPS) is 34.1. The first kappa shape index (κ1) is 21.5. The molecule has 6 atom stereocenters. The average Bonchev–Trinajstić information content (AvgIpc) is 3.12. The van der Waals surface area contributed by atoms with Gasteiger partial charge in [0.05, 0.1) is 17.6 Å². The van der Waals surface area contributed by atoms with Crippen LogP contribution in [0.15, 0.2) is 24.0 Å². The van der Waals surface area contributed by atoms with Crippen molar-refractivity contribution >= 4 is 11.8 Å². The molecule has 1 fully saturated rings. The summed E-state index contributed by atoms with van der Waals surface area (Å²) < 4.78 is 11.8. The lowest BCUT2D eigenvalue weighted by Gasteiger charge is -2.61. The number of carbonyl (C=O) groups excluding carboxylic acids is 2. The fraction of sp³-hybridized carbons (Fsp3) is 0.565. The molecule has 32 heavy (non-hydrogen) atoms. The fourth-order valence-electron chi connectivity index (χ4n) is 6.16. The number of hydrogen-bond donors (Lipinski definition) is 4. The fourth-order valence-corrected chi connectivity index (χ4v) is 6.16. The number of ether oxygens (including phenoxy) is 2. The molecular weight excluding hydrogens is 418 g/mol. The van der Waals surface area contributed by atoms with E-state index in [0.29, 0.717) is 30.7 Å². The van der Waals surface area contributed by atoms with Crippen LogP contribution in [-0.2, 0) is 32.8 Å². The molecule has 0 saturated carbocycles. The zero-order valence-electron chi connectivity index (χ0n) is 17.9. The number of likely N-dealkylation sites (N-methyl/N-ethyl adjacent to an activating group) is 1. The molecule has 172 valence electrons. The number of carbonyl (C=O) groups is 2. The van der Waals surface area contributed by atoms with Gasteiger partial charge >= 0.3 is 5.97 Å². The number of benzene rings is 1. The Morgan fingerprint density at radius 2 is 2.06 bits per heavy atom. The third kappa shape index (κ3) is 2.57. The summed E-state index contributed by atoms with van der Waals surface area (Å²) in [6, 6.07) is 3.60. The third-order valence-corrected chi connectivity index (χ3v) is 7.80. The summed E-state index contributed by atoms with van der Waals surface area (Å²) in [5, 5.41) is 41.8. The van der Waals surface area contributed by atoms with Gasteiger partial charge in [0.2, 0.25) is 0 Å². The standard InChI is InChI=1S/C23H27NO8/c1-11(26)17(27)18(28)21(29)31-14-5-6-23(30)15-9-12-3-4-13(10-25)19-16(12)22(23,20(14)32-19)7-8-24(15)2/h3-5,15,17-18,20,25,27-28,30H,6-10H2,1-2H3/t15-,17-,18+,20?,22?,23-/m1/s1. The van der Waals surface area contributed by atoms with Crippen molar-refractivity contribution in [3.63, 3.8) is 0 Å². The van der Waals surface area contributed by atoms with Crippen LogP contribution in [0.1, 0.15) is 36.5 Å². The van der Waals surface area contributed by atoms with Crippen LogP contribution >= 0.6 is 0 Å². The minimum Gasteiger partial charge on any atom is -0.481 e. The van der Waals surface area contributed by atoms with E-state index in [1.807, 2.05) is 19.2 Å². The highest BCUT2D eigenvalue weighted by Crippen LogP contribution is 2.64. The molecule has 4 N–H and O–H groups in total. The molecule has 2 heterocycles. The van der Waals surface area contributed by atoms with Gasteiger partial charge < -0.3 is 34.8 Å². The third-order valence-electron chi connectivity index (χ3n) is 7.80. The molecule has 0 radical (unpaired) electrons. The van der Waals surface area contributed by atoms with E-state index in [9.17, 15) is 30.0 Å². The van der Waals surface area contributed by atoms with Crippen molar-refractivity contribution in [1.29, 1.82) is 0 Å². The molecule has 2 bridgehead atoms. The van der Waals surface area contributed by atoms with Crippen LogP contribution in [0.3, 0.4) is 0 Å². The van der Waals surface area contributed by atoms with E-state index in [2.05, 4.69) is 4.90 Å². The number of hydrogen-bond acceptors (Lipinski definition) is 9. The summed E-state index contributed by atoms with van der Waals surface area (Å²) in [5.41, 5.74) is 0.411. The van der Waals surface area contributed by atoms with Gasteiger partial charge in [-0.2, -0.15) is 0 Å². The highest BCUT2D eigenvalue weighted by atomic mass is 16.6. The van der Waals surface area contributed by atoms with Crippen LogP contribution in [0.5, 0.6) is 5.75 Å². The summed E-state index contributed by atoms with van der Waals surface area (Å²) in [6.07, 6.45) is -1.79. The molecule has 2 unspecified atom stereocenters. The molecule has 2 aliphatic carbocycles. The number of rotatable bonds is 5. The molecule has 9 heteroatoms. The monoisotopic (exact) mass is 445 g/mol. The highest BCUT2D eigenvalue weighted by molar-refractivity contribution is 5.88. The number of likely N-dealkylation sites (tertiary alicyclic amines) is 1. The van der Waals surface area contributed by atoms with Crippen molar-refractivity contribution in [3.05, 3.63) is 40.7 Å². The Balaban J connectivity index is 1.60. The van der Waals surface area contributed by atoms with Crippen LogP contribution in [-0.4, -0.2) is 80.6 Å². The van der Waals surface area contributed by atoms with Crippen molar-refractivity contribution in [3.8, 4) is 5.75 Å². The van der Waals surface area contributed by atoms with Crippen LogP contribution in [0, 0.1) is 0 Å². The summed E-state index contributed by atoms with van der Waals surface area (Å²) in [4.78, 5) is 26.0. The quantitative estimate of drug-likeness (QED) is 0.434. The number of esters is 1. The Bertz CT molecular complexity index is 1040. The zero-order chi connectivity index (χ0) is 23.0. The Hall–Kier alpha value is -2.30. The van der Waals surface area contributed by atoms with Crippen molar-refractivity contribution < 1.29 is 39.5 Å². The molecule has 1 aromatic carbocycles. The Morgan fingerprint density at radius 3 is 2.75 bits per heavy atom. The number of aliphatic hydroxyl groups excluding tert-OH is 3. The molecule has 9 nitrogen and oxygen atoms in total. The molecule has 4 aliphatic rings. The van der Waals surface area contributed by atoms with Crippen molar-refractivity contribution in [2.24, 2.45) is 0 Å². The van der Waals surface area contributed by atoms with Gasteiger partial charge in [-0.05, 0) is 45.0 Å². The van der Waals surface area contributed by atoms with Crippen molar-refractivity contribution in [1.82, 2.24) is 4.90 Å². The van der Waals surface area contributed by atoms with Gasteiger partial charge in [-0.15, -0.1) is 0 Å². The van der Waals surface area contributed by atoms with Gasteiger partial charge in [0.1, 0.15) is 17.6 Å². The van der Waals surface area contributed by atoms with E-state index in [1.54, 1.807) is 6.08 Å². The molecule has 1 spiro atoms. The van der Waals surface area contributed by atoms with Gasteiger partial charge in [0.25, 0.3) is 0 Å². The van der Waals surface area contributed by atoms with E-state index in [-0.39, 0.29) is 24.8 Å². The lowest BCUT2D eigenvalue weighted by molar-refractivity contribution is -0.175. The summed E-state index contributed by atoms with van der Waals surface area (Å²) in [5.74, 6) is -1.29. The van der Waals surface area contributed by atoms with Gasteiger partial charge in [0.15, 0.2) is 18.0 Å². The van der Waals surface area contributed by atoms with Crippen molar-refractivity contribution in [2.75, 3.05) is 13.6 Å². The molecule has 2 aliphatic heterocycles.